The van der Waals surface area contributed by atoms with Crippen molar-refractivity contribution < 1.29 is 13.6 Å². The quantitative estimate of drug-likeness (QED) is 0.724. The highest BCUT2D eigenvalue weighted by atomic mass is 19.1. The first-order chi connectivity index (χ1) is 7.58. The zero-order chi connectivity index (χ0) is 11.7. The van der Waals surface area contributed by atoms with Crippen LogP contribution in [0.2, 0.25) is 0 Å². The number of ketones is 1. The molecule has 0 bridgehead atoms. The van der Waals surface area contributed by atoms with Crippen LogP contribution in [0, 0.1) is 19.7 Å². The third-order valence-electron chi connectivity index (χ3n) is 2.38. The first-order valence-corrected chi connectivity index (χ1v) is 4.95. The van der Waals surface area contributed by atoms with Crippen LogP contribution >= 0.6 is 0 Å². The summed E-state index contributed by atoms with van der Waals surface area (Å²) >= 11 is 0. The van der Waals surface area contributed by atoms with Crippen molar-refractivity contribution in [3.05, 3.63) is 58.8 Å². The zero-order valence-corrected chi connectivity index (χ0v) is 9.08. The maximum Gasteiger partial charge on any atom is 0.228 e. The minimum absolute atomic E-state index is 0.226. The third-order valence-corrected chi connectivity index (χ3v) is 2.38. The predicted octanol–water partition coefficient (Wildman–Crippen LogP) is 3.27. The van der Waals surface area contributed by atoms with E-state index in [0.717, 1.165) is 0 Å². The summed E-state index contributed by atoms with van der Waals surface area (Å²) in [6.07, 6.45) is 0. The average molecular weight is 218 g/mol. The van der Waals surface area contributed by atoms with Crippen molar-refractivity contribution in [2.75, 3.05) is 0 Å². The summed E-state index contributed by atoms with van der Waals surface area (Å²) in [4.78, 5) is 11.9. The Hall–Kier alpha value is -1.90. The van der Waals surface area contributed by atoms with E-state index in [-0.39, 0.29) is 17.4 Å². The molecule has 16 heavy (non-hydrogen) atoms. The number of rotatable bonds is 2. The number of aryl methyl sites for hydroxylation is 2. The smallest absolute Gasteiger partial charge is 0.228 e. The lowest BCUT2D eigenvalue weighted by atomic mass is 10.1. The Bertz CT molecular complexity index is 541. The van der Waals surface area contributed by atoms with Gasteiger partial charge in [-0.05, 0) is 49.7 Å². The van der Waals surface area contributed by atoms with E-state index in [4.69, 9.17) is 4.42 Å². The number of hydrogen-bond acceptors (Lipinski definition) is 2. The van der Waals surface area contributed by atoms with Gasteiger partial charge < -0.3 is 4.42 Å². The van der Waals surface area contributed by atoms with Gasteiger partial charge in [0.25, 0.3) is 0 Å². The molecule has 0 aliphatic carbocycles. The molecule has 0 fully saturated rings. The molecule has 3 heteroatoms. The lowest BCUT2D eigenvalue weighted by Gasteiger charge is -2.00. The van der Waals surface area contributed by atoms with Crippen molar-refractivity contribution in [1.29, 1.82) is 0 Å². The van der Waals surface area contributed by atoms with Gasteiger partial charge in [-0.1, -0.05) is 0 Å². The largest absolute Gasteiger partial charge is 0.458 e. The fraction of sp³-hybridized carbons (Fsp3) is 0.154. The van der Waals surface area contributed by atoms with E-state index in [1.807, 2.05) is 0 Å². The SMILES string of the molecule is Cc1ccc(C(=O)c2ccc(F)c(C)c2)o1. The molecule has 0 atom stereocenters. The number of carbonyl (C=O) groups is 1. The Morgan fingerprint density at radius 1 is 1.19 bits per heavy atom. The Morgan fingerprint density at radius 3 is 2.50 bits per heavy atom. The molecule has 1 heterocycles. The van der Waals surface area contributed by atoms with Gasteiger partial charge in [0.15, 0.2) is 5.76 Å². The maximum atomic E-state index is 13.0. The highest BCUT2D eigenvalue weighted by Gasteiger charge is 2.13. The topological polar surface area (TPSA) is 30.2 Å². The van der Waals surface area contributed by atoms with Crippen LogP contribution in [0.5, 0.6) is 0 Å². The average Bonchev–Trinajstić information content (AvgIpc) is 2.68. The van der Waals surface area contributed by atoms with Gasteiger partial charge in [-0.2, -0.15) is 0 Å². The zero-order valence-electron chi connectivity index (χ0n) is 9.08. The van der Waals surface area contributed by atoms with Crippen LogP contribution in [0.4, 0.5) is 4.39 Å². The summed E-state index contributed by atoms with van der Waals surface area (Å²) in [7, 11) is 0. The molecule has 0 unspecified atom stereocenters. The predicted molar refractivity (Wildman–Crippen MR) is 58.0 cm³/mol. The van der Waals surface area contributed by atoms with E-state index < -0.39 is 0 Å². The fourth-order valence-electron chi connectivity index (χ4n) is 1.48. The summed E-state index contributed by atoms with van der Waals surface area (Å²) in [5, 5.41) is 0. The molecule has 0 amide bonds. The number of halogens is 1. The number of carbonyl (C=O) groups excluding carboxylic acids is 1. The second-order valence-electron chi connectivity index (χ2n) is 3.70. The Kier molecular flexibility index (Phi) is 2.60. The number of benzene rings is 1. The molecule has 0 spiro atoms. The molecule has 0 radical (unpaired) electrons. The van der Waals surface area contributed by atoms with Crippen LogP contribution in [0.1, 0.15) is 27.4 Å². The van der Waals surface area contributed by atoms with Crippen molar-refractivity contribution in [1.82, 2.24) is 0 Å². The number of hydrogen-bond donors (Lipinski definition) is 0. The van der Waals surface area contributed by atoms with Crippen molar-refractivity contribution in [2.24, 2.45) is 0 Å². The van der Waals surface area contributed by atoms with Crippen LogP contribution in [0.25, 0.3) is 0 Å². The lowest BCUT2D eigenvalue weighted by molar-refractivity contribution is 0.101. The lowest BCUT2D eigenvalue weighted by Crippen LogP contribution is -2.00. The standard InChI is InChI=1S/C13H11FO2/c1-8-7-10(4-5-11(8)14)13(15)12-6-3-9(2)16-12/h3-7H,1-2H3. The molecule has 2 aromatic rings. The maximum absolute atomic E-state index is 13.0. The van der Waals surface area contributed by atoms with Crippen molar-refractivity contribution >= 4 is 5.78 Å². The molecular formula is C13H11FO2. The van der Waals surface area contributed by atoms with Crippen LogP contribution in [0.15, 0.2) is 34.7 Å². The van der Waals surface area contributed by atoms with Crippen LogP contribution in [-0.2, 0) is 0 Å². The second-order valence-corrected chi connectivity index (χ2v) is 3.70. The highest BCUT2D eigenvalue weighted by Crippen LogP contribution is 2.15. The molecule has 0 aliphatic rings. The Morgan fingerprint density at radius 2 is 1.94 bits per heavy atom. The summed E-state index contributed by atoms with van der Waals surface area (Å²) in [5.41, 5.74) is 0.891. The van der Waals surface area contributed by atoms with Gasteiger partial charge in [0.2, 0.25) is 5.78 Å². The van der Waals surface area contributed by atoms with E-state index >= 15 is 0 Å². The van der Waals surface area contributed by atoms with Gasteiger partial charge in [-0.15, -0.1) is 0 Å². The van der Waals surface area contributed by atoms with Crippen LogP contribution in [-0.4, -0.2) is 5.78 Å². The number of furan rings is 1. The molecule has 1 aromatic carbocycles. The van der Waals surface area contributed by atoms with E-state index in [0.29, 0.717) is 16.9 Å². The van der Waals surface area contributed by atoms with E-state index in [2.05, 4.69) is 0 Å². The Balaban J connectivity index is 2.38. The minimum atomic E-state index is -0.313. The van der Waals surface area contributed by atoms with Crippen molar-refractivity contribution in [3.63, 3.8) is 0 Å². The first kappa shape index (κ1) is 10.6. The highest BCUT2D eigenvalue weighted by molar-refractivity contribution is 6.07. The van der Waals surface area contributed by atoms with Crippen molar-refractivity contribution in [2.45, 2.75) is 13.8 Å². The fourth-order valence-corrected chi connectivity index (χ4v) is 1.48. The van der Waals surface area contributed by atoms with E-state index in [1.54, 1.807) is 26.0 Å². The van der Waals surface area contributed by atoms with Gasteiger partial charge in [-0.25, -0.2) is 4.39 Å². The van der Waals surface area contributed by atoms with Gasteiger partial charge in [-0.3, -0.25) is 4.79 Å². The van der Waals surface area contributed by atoms with E-state index in [1.165, 1.54) is 18.2 Å². The van der Waals surface area contributed by atoms with Crippen LogP contribution in [0.3, 0.4) is 0 Å². The normalized spacial score (nSPS) is 10.4. The second kappa shape index (κ2) is 3.93. The van der Waals surface area contributed by atoms with Crippen molar-refractivity contribution in [3.8, 4) is 0 Å². The van der Waals surface area contributed by atoms with Gasteiger partial charge in [0.1, 0.15) is 11.6 Å². The van der Waals surface area contributed by atoms with E-state index in [9.17, 15) is 9.18 Å². The summed E-state index contributed by atoms with van der Waals surface area (Å²) in [5.74, 6) is 0.425. The molecule has 0 saturated carbocycles. The van der Waals surface area contributed by atoms with Gasteiger partial charge in [0.05, 0.1) is 0 Å². The molecule has 2 nitrogen and oxygen atoms in total. The van der Waals surface area contributed by atoms with Crippen LogP contribution < -0.4 is 0 Å². The van der Waals surface area contributed by atoms with Gasteiger partial charge >= 0.3 is 0 Å². The Labute approximate surface area is 92.7 Å². The van der Waals surface area contributed by atoms with Gasteiger partial charge in [0, 0.05) is 5.56 Å². The summed E-state index contributed by atoms with van der Waals surface area (Å²) in [6, 6.07) is 7.62. The molecule has 82 valence electrons. The monoisotopic (exact) mass is 218 g/mol. The molecule has 1 aromatic heterocycles. The third kappa shape index (κ3) is 1.89. The molecule has 2 rings (SSSR count). The molecule has 0 aliphatic heterocycles. The summed E-state index contributed by atoms with van der Waals surface area (Å²) < 4.78 is 18.3. The minimum Gasteiger partial charge on any atom is -0.458 e. The molecule has 0 N–H and O–H groups in total. The molecule has 0 saturated heterocycles. The first-order valence-electron chi connectivity index (χ1n) is 4.95. The molecular weight excluding hydrogens is 207 g/mol. The summed E-state index contributed by atoms with van der Waals surface area (Å²) in [6.45, 7) is 3.40.